The lowest BCUT2D eigenvalue weighted by atomic mass is 9.66. The number of aliphatic hydroxyl groups is 5. The van der Waals surface area contributed by atoms with Gasteiger partial charge in [-0.2, -0.15) is 0 Å². The Labute approximate surface area is 159 Å². The van der Waals surface area contributed by atoms with E-state index in [0.29, 0.717) is 19.3 Å². The molecule has 1 aliphatic carbocycles. The van der Waals surface area contributed by atoms with Crippen LogP contribution in [-0.4, -0.2) is 81.3 Å². The van der Waals surface area contributed by atoms with E-state index in [9.17, 15) is 25.2 Å². The average molecular weight is 388 g/mol. The smallest absolute Gasteiger partial charge is 0.186 e. The molecule has 0 aromatic carbocycles. The lowest BCUT2D eigenvalue weighted by molar-refractivity contribution is -0.304. The highest BCUT2D eigenvalue weighted by Crippen LogP contribution is 2.42. The van der Waals surface area contributed by atoms with Crippen LogP contribution in [0.25, 0.3) is 0 Å². The van der Waals surface area contributed by atoms with Crippen LogP contribution in [0.4, 0.5) is 0 Å². The van der Waals surface area contributed by atoms with Crippen molar-refractivity contribution in [2.24, 2.45) is 11.3 Å². The quantitative estimate of drug-likeness (QED) is 0.394. The monoisotopic (exact) mass is 388 g/mol. The van der Waals surface area contributed by atoms with Gasteiger partial charge in [-0.05, 0) is 37.2 Å². The molecule has 0 aromatic rings. The third kappa shape index (κ3) is 5.35. The van der Waals surface area contributed by atoms with Gasteiger partial charge < -0.3 is 35.0 Å². The molecule has 156 valence electrons. The molecule has 8 nitrogen and oxygen atoms in total. The molecule has 27 heavy (non-hydrogen) atoms. The van der Waals surface area contributed by atoms with Gasteiger partial charge in [-0.25, -0.2) is 0 Å². The fraction of sp³-hybridized carbons (Fsp3) is 0.842. The van der Waals surface area contributed by atoms with Crippen LogP contribution in [0.2, 0.25) is 0 Å². The molecule has 0 radical (unpaired) electrons. The molecule has 0 amide bonds. The highest BCUT2D eigenvalue weighted by Gasteiger charge is 2.44. The summed E-state index contributed by atoms with van der Waals surface area (Å²) in [6.45, 7) is 5.36. The van der Waals surface area contributed by atoms with Crippen LogP contribution >= 0.6 is 0 Å². The second kappa shape index (κ2) is 9.09. The zero-order valence-corrected chi connectivity index (χ0v) is 16.1. The zero-order valence-electron chi connectivity index (χ0n) is 16.1. The van der Waals surface area contributed by atoms with Crippen LogP contribution in [0, 0.1) is 11.3 Å². The SMILES string of the molecule is CC1=CC(=O)CC(C)(C)[C@H]1CC[C@@H](O)CO[C@@H]1O[C@H](CO)[C@@H](O)[C@H](O)[C@H]1O. The maximum atomic E-state index is 11.7. The van der Waals surface area contributed by atoms with Crippen LogP contribution in [-0.2, 0) is 14.3 Å². The van der Waals surface area contributed by atoms with E-state index >= 15 is 0 Å². The molecule has 0 unspecified atom stereocenters. The van der Waals surface area contributed by atoms with Crippen LogP contribution < -0.4 is 0 Å². The van der Waals surface area contributed by atoms with Crippen molar-refractivity contribution in [3.05, 3.63) is 11.6 Å². The Morgan fingerprint density at radius 2 is 1.93 bits per heavy atom. The molecule has 0 bridgehead atoms. The molecule has 2 aliphatic rings. The van der Waals surface area contributed by atoms with Crippen molar-refractivity contribution < 1.29 is 39.8 Å². The minimum atomic E-state index is -1.51. The van der Waals surface area contributed by atoms with Gasteiger partial charge >= 0.3 is 0 Å². The first kappa shape index (κ1) is 22.4. The van der Waals surface area contributed by atoms with Gasteiger partial charge in [0.05, 0.1) is 19.3 Å². The third-order valence-electron chi connectivity index (χ3n) is 5.60. The van der Waals surface area contributed by atoms with E-state index in [2.05, 4.69) is 0 Å². The molecule has 1 heterocycles. The van der Waals surface area contributed by atoms with Crippen LogP contribution in [0.15, 0.2) is 11.6 Å². The fourth-order valence-corrected chi connectivity index (χ4v) is 4.07. The van der Waals surface area contributed by atoms with Gasteiger partial charge in [-0.15, -0.1) is 0 Å². The Morgan fingerprint density at radius 1 is 1.26 bits per heavy atom. The summed E-state index contributed by atoms with van der Waals surface area (Å²) in [4.78, 5) is 11.7. The Kier molecular flexibility index (Phi) is 7.54. The van der Waals surface area contributed by atoms with Crippen molar-refractivity contribution in [1.82, 2.24) is 0 Å². The number of carbonyl (C=O) groups excluding carboxylic acids is 1. The lowest BCUT2D eigenvalue weighted by Gasteiger charge is -2.40. The maximum Gasteiger partial charge on any atom is 0.186 e. The number of hydrogen-bond acceptors (Lipinski definition) is 8. The van der Waals surface area contributed by atoms with E-state index in [4.69, 9.17) is 14.6 Å². The van der Waals surface area contributed by atoms with Gasteiger partial charge in [0.25, 0.3) is 0 Å². The van der Waals surface area contributed by atoms with E-state index in [0.717, 1.165) is 5.57 Å². The standard InChI is InChI=1S/C19H32O8/c1-10-6-12(22)7-19(2,3)13(10)5-4-11(21)9-26-18-17(25)16(24)15(23)14(8-20)27-18/h6,11,13-18,20-21,23-25H,4-5,7-9H2,1-3H3/t11-,13+,14-,15-,16+,17-,18-/m1/s1. The van der Waals surface area contributed by atoms with Crippen molar-refractivity contribution in [2.45, 2.75) is 76.8 Å². The van der Waals surface area contributed by atoms with E-state index < -0.39 is 43.4 Å². The predicted molar refractivity (Wildman–Crippen MR) is 95.6 cm³/mol. The first-order valence-electron chi connectivity index (χ1n) is 9.38. The number of ketones is 1. The summed E-state index contributed by atoms with van der Waals surface area (Å²) in [5, 5.41) is 48.8. The van der Waals surface area contributed by atoms with Crippen molar-refractivity contribution >= 4 is 5.78 Å². The Balaban J connectivity index is 1.85. The molecule has 7 atom stereocenters. The van der Waals surface area contributed by atoms with Crippen molar-refractivity contribution in [3.8, 4) is 0 Å². The summed E-state index contributed by atoms with van der Waals surface area (Å²) in [7, 11) is 0. The van der Waals surface area contributed by atoms with Crippen molar-refractivity contribution in [3.63, 3.8) is 0 Å². The average Bonchev–Trinajstić information content (AvgIpc) is 2.57. The van der Waals surface area contributed by atoms with E-state index in [1.807, 2.05) is 20.8 Å². The van der Waals surface area contributed by atoms with Crippen LogP contribution in [0.5, 0.6) is 0 Å². The van der Waals surface area contributed by atoms with E-state index in [-0.39, 0.29) is 23.7 Å². The zero-order chi connectivity index (χ0) is 20.4. The fourth-order valence-electron chi connectivity index (χ4n) is 4.07. The summed E-state index contributed by atoms with van der Waals surface area (Å²) in [6.07, 6.45) is -4.28. The Bertz CT molecular complexity index is 544. The minimum Gasteiger partial charge on any atom is -0.394 e. The number of hydrogen-bond donors (Lipinski definition) is 5. The van der Waals surface area contributed by atoms with Gasteiger partial charge in [0.15, 0.2) is 12.1 Å². The highest BCUT2D eigenvalue weighted by molar-refractivity contribution is 5.91. The largest absolute Gasteiger partial charge is 0.394 e. The topological polar surface area (TPSA) is 137 Å². The summed E-state index contributed by atoms with van der Waals surface area (Å²) >= 11 is 0. The molecule has 5 N–H and O–H groups in total. The van der Waals surface area contributed by atoms with Gasteiger partial charge in [-0.3, -0.25) is 4.79 Å². The molecule has 0 aromatic heterocycles. The molecular weight excluding hydrogens is 356 g/mol. The highest BCUT2D eigenvalue weighted by atomic mass is 16.7. The number of allylic oxidation sites excluding steroid dienone is 2. The van der Waals surface area contributed by atoms with Crippen molar-refractivity contribution in [2.75, 3.05) is 13.2 Å². The second-order valence-electron chi connectivity index (χ2n) is 8.33. The van der Waals surface area contributed by atoms with Gasteiger partial charge in [0.2, 0.25) is 0 Å². The first-order chi connectivity index (χ1) is 12.6. The number of carbonyl (C=O) groups is 1. The maximum absolute atomic E-state index is 11.7. The van der Waals surface area contributed by atoms with Crippen molar-refractivity contribution in [1.29, 1.82) is 0 Å². The third-order valence-corrected chi connectivity index (χ3v) is 5.60. The molecular formula is C19H32O8. The number of ether oxygens (including phenoxy) is 2. The molecule has 8 heteroatoms. The molecule has 1 aliphatic heterocycles. The first-order valence-corrected chi connectivity index (χ1v) is 9.38. The van der Waals surface area contributed by atoms with Crippen LogP contribution in [0.1, 0.15) is 40.0 Å². The summed E-state index contributed by atoms with van der Waals surface area (Å²) in [5.41, 5.74) is 0.839. The summed E-state index contributed by atoms with van der Waals surface area (Å²) in [5.74, 6) is 0.303. The second-order valence-corrected chi connectivity index (χ2v) is 8.33. The molecule has 1 fully saturated rings. The Hall–Kier alpha value is -0.870. The summed E-state index contributed by atoms with van der Waals surface area (Å²) in [6, 6.07) is 0. The normalized spacial score (nSPS) is 37.8. The number of rotatable bonds is 7. The van der Waals surface area contributed by atoms with E-state index in [1.165, 1.54) is 0 Å². The van der Waals surface area contributed by atoms with E-state index in [1.54, 1.807) is 6.08 Å². The minimum absolute atomic E-state index is 0.125. The molecule has 2 rings (SSSR count). The number of aliphatic hydroxyl groups excluding tert-OH is 5. The van der Waals surface area contributed by atoms with Gasteiger partial charge in [0.1, 0.15) is 24.4 Å². The Morgan fingerprint density at radius 3 is 2.52 bits per heavy atom. The molecule has 0 spiro atoms. The van der Waals surface area contributed by atoms with Gasteiger partial charge in [-0.1, -0.05) is 19.4 Å². The van der Waals surface area contributed by atoms with Crippen LogP contribution in [0.3, 0.4) is 0 Å². The summed E-state index contributed by atoms with van der Waals surface area (Å²) < 4.78 is 10.6. The molecule has 0 saturated carbocycles. The van der Waals surface area contributed by atoms with Gasteiger partial charge in [0, 0.05) is 6.42 Å². The molecule has 1 saturated heterocycles. The predicted octanol–water partition coefficient (Wildman–Crippen LogP) is -0.494. The lowest BCUT2D eigenvalue weighted by Crippen LogP contribution is -2.59.